The van der Waals surface area contributed by atoms with Crippen molar-refractivity contribution < 1.29 is 14.3 Å². The summed E-state index contributed by atoms with van der Waals surface area (Å²) >= 11 is 0. The fraction of sp³-hybridized carbons (Fsp3) is 0.529. The summed E-state index contributed by atoms with van der Waals surface area (Å²) in [6, 6.07) is 6.54. The molecule has 0 spiro atoms. The molecule has 1 fully saturated rings. The van der Waals surface area contributed by atoms with Crippen molar-refractivity contribution in [1.29, 1.82) is 0 Å². The zero-order valence-corrected chi connectivity index (χ0v) is 13.7. The maximum Gasteiger partial charge on any atom is 0.321 e. The Balaban J connectivity index is 1.83. The van der Waals surface area contributed by atoms with Crippen molar-refractivity contribution >= 4 is 17.6 Å². The van der Waals surface area contributed by atoms with Crippen molar-refractivity contribution in [1.82, 2.24) is 10.6 Å². The van der Waals surface area contributed by atoms with Crippen LogP contribution in [0.1, 0.15) is 39.0 Å². The molecule has 3 N–H and O–H groups in total. The third kappa shape index (κ3) is 5.16. The Hall–Kier alpha value is -2.24. The summed E-state index contributed by atoms with van der Waals surface area (Å²) in [7, 11) is 1.57. The molecule has 1 aromatic carbocycles. The van der Waals surface area contributed by atoms with Crippen LogP contribution in [0.5, 0.6) is 5.75 Å². The quantitative estimate of drug-likeness (QED) is 0.779. The normalized spacial score (nSPS) is 16.3. The Morgan fingerprint density at radius 1 is 1.17 bits per heavy atom. The van der Waals surface area contributed by atoms with Crippen molar-refractivity contribution in [3.05, 3.63) is 24.3 Å². The molecule has 23 heavy (non-hydrogen) atoms. The fourth-order valence-corrected chi connectivity index (χ4v) is 2.75. The first-order valence-corrected chi connectivity index (χ1v) is 8.11. The molecule has 6 heteroatoms. The summed E-state index contributed by atoms with van der Waals surface area (Å²) < 4.78 is 5.23. The van der Waals surface area contributed by atoms with Crippen molar-refractivity contribution in [3.63, 3.8) is 0 Å². The molecule has 6 nitrogen and oxygen atoms in total. The number of amides is 3. The number of benzene rings is 1. The van der Waals surface area contributed by atoms with E-state index in [1.165, 1.54) is 6.42 Å². The third-order valence-electron chi connectivity index (χ3n) is 4.05. The topological polar surface area (TPSA) is 79.5 Å². The van der Waals surface area contributed by atoms with Gasteiger partial charge in [-0.05, 0) is 31.9 Å². The van der Waals surface area contributed by atoms with Crippen molar-refractivity contribution in [3.8, 4) is 5.75 Å². The minimum Gasteiger partial charge on any atom is -0.495 e. The first kappa shape index (κ1) is 17.1. The number of hydrogen-bond acceptors (Lipinski definition) is 4. The minimum absolute atomic E-state index is 0.175. The molecular weight excluding hydrogens is 294 g/mol. The van der Waals surface area contributed by atoms with Crippen LogP contribution in [0, 0.1) is 0 Å². The number of urea groups is 1. The lowest BCUT2D eigenvalue weighted by atomic mass is 9.96. The van der Waals surface area contributed by atoms with Crippen molar-refractivity contribution in [2.75, 3.05) is 12.4 Å². The van der Waals surface area contributed by atoms with E-state index in [-0.39, 0.29) is 11.9 Å². The summed E-state index contributed by atoms with van der Waals surface area (Å²) in [5, 5.41) is 8.31. The third-order valence-corrected chi connectivity index (χ3v) is 4.05. The molecule has 1 aliphatic carbocycles. The maximum atomic E-state index is 12.1. The molecule has 126 valence electrons. The number of carbonyl (C=O) groups excluding carboxylic acids is 2. The molecule has 0 radical (unpaired) electrons. The molecule has 0 aromatic heterocycles. The lowest BCUT2D eigenvalue weighted by molar-refractivity contribution is -0.120. The van der Waals surface area contributed by atoms with E-state index in [0.717, 1.165) is 25.7 Å². The first-order valence-electron chi connectivity index (χ1n) is 8.11. The molecule has 1 aliphatic rings. The lowest BCUT2D eigenvalue weighted by Crippen LogP contribution is -2.49. The summed E-state index contributed by atoms with van der Waals surface area (Å²) in [4.78, 5) is 24.0. The largest absolute Gasteiger partial charge is 0.495 e. The van der Waals surface area contributed by atoms with Gasteiger partial charge in [0.15, 0.2) is 0 Å². The molecule has 3 amide bonds. The standard InChI is InChI=1S/C17H25N3O3/c1-12(18-14-10-6-7-11-15(14)23-2)16(21)20-17(22)19-13-8-4-3-5-9-13/h6-7,10-13,18H,3-5,8-9H2,1-2H3,(H2,19,20,21,22)/t12-/m1/s1. The monoisotopic (exact) mass is 319 g/mol. The van der Waals surface area contributed by atoms with Gasteiger partial charge in [0.1, 0.15) is 11.8 Å². The van der Waals surface area contributed by atoms with E-state index in [1.807, 2.05) is 24.3 Å². The van der Waals surface area contributed by atoms with E-state index in [2.05, 4.69) is 16.0 Å². The van der Waals surface area contributed by atoms with E-state index < -0.39 is 12.1 Å². The second-order valence-electron chi connectivity index (χ2n) is 5.86. The van der Waals surface area contributed by atoms with Gasteiger partial charge in [-0.1, -0.05) is 31.4 Å². The van der Waals surface area contributed by atoms with Crippen LogP contribution in [0.3, 0.4) is 0 Å². The Labute approximate surface area is 137 Å². The summed E-state index contributed by atoms with van der Waals surface area (Å²) in [6.45, 7) is 1.70. The number of carbonyl (C=O) groups is 2. The maximum absolute atomic E-state index is 12.1. The van der Waals surface area contributed by atoms with Crippen LogP contribution in [-0.2, 0) is 4.79 Å². The highest BCUT2D eigenvalue weighted by Gasteiger charge is 2.20. The molecule has 0 saturated heterocycles. The predicted molar refractivity (Wildman–Crippen MR) is 89.6 cm³/mol. The van der Waals surface area contributed by atoms with E-state index in [9.17, 15) is 9.59 Å². The molecular formula is C17H25N3O3. The van der Waals surface area contributed by atoms with Gasteiger partial charge in [0.05, 0.1) is 12.8 Å². The highest BCUT2D eigenvalue weighted by atomic mass is 16.5. The second-order valence-corrected chi connectivity index (χ2v) is 5.86. The van der Waals surface area contributed by atoms with Gasteiger partial charge in [-0.2, -0.15) is 0 Å². The van der Waals surface area contributed by atoms with Gasteiger partial charge in [-0.3, -0.25) is 10.1 Å². The minimum atomic E-state index is -0.552. The van der Waals surface area contributed by atoms with Gasteiger partial charge in [0.2, 0.25) is 5.91 Å². The highest BCUT2D eigenvalue weighted by molar-refractivity contribution is 5.98. The molecule has 1 atom stereocenters. The zero-order chi connectivity index (χ0) is 16.7. The van der Waals surface area contributed by atoms with Crippen molar-refractivity contribution in [2.45, 2.75) is 51.1 Å². The van der Waals surface area contributed by atoms with Gasteiger partial charge < -0.3 is 15.4 Å². The molecule has 2 rings (SSSR count). The molecule has 0 bridgehead atoms. The molecule has 0 unspecified atom stereocenters. The first-order chi connectivity index (χ1) is 11.1. The van der Waals surface area contributed by atoms with Crippen LogP contribution in [0.15, 0.2) is 24.3 Å². The Kier molecular flexibility index (Phi) is 6.26. The van der Waals surface area contributed by atoms with Crippen LogP contribution in [0.2, 0.25) is 0 Å². The lowest BCUT2D eigenvalue weighted by Gasteiger charge is -2.23. The van der Waals surface area contributed by atoms with Crippen LogP contribution >= 0.6 is 0 Å². The van der Waals surface area contributed by atoms with Gasteiger partial charge in [-0.25, -0.2) is 4.79 Å². The number of nitrogens with one attached hydrogen (secondary N) is 3. The van der Waals surface area contributed by atoms with Gasteiger partial charge in [-0.15, -0.1) is 0 Å². The van der Waals surface area contributed by atoms with Gasteiger partial charge in [0, 0.05) is 6.04 Å². The van der Waals surface area contributed by atoms with Crippen LogP contribution in [0.4, 0.5) is 10.5 Å². The van der Waals surface area contributed by atoms with E-state index in [1.54, 1.807) is 14.0 Å². The fourth-order valence-electron chi connectivity index (χ4n) is 2.75. The molecule has 0 aliphatic heterocycles. The van der Waals surface area contributed by atoms with Crippen LogP contribution in [0.25, 0.3) is 0 Å². The second kappa shape index (κ2) is 8.41. The van der Waals surface area contributed by atoms with Crippen molar-refractivity contribution in [2.24, 2.45) is 0 Å². The van der Waals surface area contributed by atoms with E-state index >= 15 is 0 Å². The number of imide groups is 1. The average Bonchev–Trinajstić information content (AvgIpc) is 2.56. The summed E-state index contributed by atoms with van der Waals surface area (Å²) in [5.74, 6) is 0.281. The van der Waals surface area contributed by atoms with Gasteiger partial charge in [0.25, 0.3) is 0 Å². The predicted octanol–water partition coefficient (Wildman–Crippen LogP) is 2.65. The van der Waals surface area contributed by atoms with E-state index in [0.29, 0.717) is 11.4 Å². The number of anilines is 1. The Morgan fingerprint density at radius 3 is 2.57 bits per heavy atom. The molecule has 1 aromatic rings. The van der Waals surface area contributed by atoms with Crippen LogP contribution in [-0.4, -0.2) is 31.1 Å². The number of ether oxygens (including phenoxy) is 1. The Bertz CT molecular complexity index is 542. The number of rotatable bonds is 5. The zero-order valence-electron chi connectivity index (χ0n) is 13.7. The SMILES string of the molecule is COc1ccccc1N[C@H](C)C(=O)NC(=O)NC1CCCCC1. The average molecular weight is 319 g/mol. The molecule has 1 saturated carbocycles. The molecule has 0 heterocycles. The smallest absolute Gasteiger partial charge is 0.321 e. The highest BCUT2D eigenvalue weighted by Crippen LogP contribution is 2.23. The number of methoxy groups -OCH3 is 1. The Morgan fingerprint density at radius 2 is 1.87 bits per heavy atom. The van der Waals surface area contributed by atoms with E-state index in [4.69, 9.17) is 4.74 Å². The van der Waals surface area contributed by atoms with Crippen LogP contribution < -0.4 is 20.7 Å². The summed E-state index contributed by atoms with van der Waals surface area (Å²) in [5.41, 5.74) is 0.713. The van der Waals surface area contributed by atoms with Gasteiger partial charge >= 0.3 is 6.03 Å². The number of hydrogen-bond donors (Lipinski definition) is 3. The number of para-hydroxylation sites is 2. The summed E-state index contributed by atoms with van der Waals surface area (Å²) in [6.07, 6.45) is 5.45.